The number of nitrogens with zero attached hydrogens (tertiary/aromatic N) is 1. The highest BCUT2D eigenvalue weighted by Crippen LogP contribution is 2.45. The van der Waals surface area contributed by atoms with Gasteiger partial charge >= 0.3 is 0 Å². The summed E-state index contributed by atoms with van der Waals surface area (Å²) in [4.78, 5) is 24.9. The van der Waals surface area contributed by atoms with Crippen LogP contribution in [0.25, 0.3) is 0 Å². The third-order valence-corrected chi connectivity index (χ3v) is 4.04. The van der Waals surface area contributed by atoms with Gasteiger partial charge in [-0.05, 0) is 49.8 Å². The molecule has 1 fully saturated rings. The third kappa shape index (κ3) is 4.38. The van der Waals surface area contributed by atoms with Crippen molar-refractivity contribution in [1.82, 2.24) is 4.90 Å². The number of hydrogen-bond acceptors (Lipinski definition) is 4. The summed E-state index contributed by atoms with van der Waals surface area (Å²) in [5, 5.41) is 0. The standard InChI is InChI=1S/C18H27NO4/c1-5-7-10-19(3)18(20)15-12-16(21-4)17(23-22-6-2)11-14(15)13-8-9-13/h11-13H,5-10H2,1-4H3. The Balaban J connectivity index is 2.31. The summed E-state index contributed by atoms with van der Waals surface area (Å²) in [5.74, 6) is 1.53. The zero-order valence-electron chi connectivity index (χ0n) is 14.6. The van der Waals surface area contributed by atoms with Crippen molar-refractivity contribution in [2.75, 3.05) is 27.3 Å². The highest BCUT2D eigenvalue weighted by molar-refractivity contribution is 5.96. The van der Waals surface area contributed by atoms with Crippen LogP contribution in [0.3, 0.4) is 0 Å². The van der Waals surface area contributed by atoms with E-state index in [1.807, 2.05) is 20.0 Å². The van der Waals surface area contributed by atoms with E-state index in [1.165, 1.54) is 0 Å². The van der Waals surface area contributed by atoms with Crippen LogP contribution < -0.4 is 9.62 Å². The number of unbranched alkanes of at least 4 members (excludes halogenated alkanes) is 1. The van der Waals surface area contributed by atoms with Gasteiger partial charge in [0.15, 0.2) is 5.75 Å². The Bertz CT molecular complexity index is 540. The molecule has 128 valence electrons. The maximum atomic E-state index is 12.8. The molecule has 1 aromatic rings. The first-order chi connectivity index (χ1) is 11.1. The zero-order valence-corrected chi connectivity index (χ0v) is 14.6. The van der Waals surface area contributed by atoms with Gasteiger partial charge < -0.3 is 14.5 Å². The van der Waals surface area contributed by atoms with Crippen molar-refractivity contribution in [3.63, 3.8) is 0 Å². The zero-order chi connectivity index (χ0) is 16.8. The van der Waals surface area contributed by atoms with Crippen molar-refractivity contribution in [2.45, 2.75) is 45.4 Å². The van der Waals surface area contributed by atoms with Gasteiger partial charge in [-0.3, -0.25) is 4.79 Å². The Labute approximate surface area is 138 Å². The van der Waals surface area contributed by atoms with Gasteiger partial charge in [-0.15, -0.1) is 0 Å². The van der Waals surface area contributed by atoms with E-state index in [0.29, 0.717) is 29.6 Å². The Hall–Kier alpha value is -1.75. The highest BCUT2D eigenvalue weighted by Gasteiger charge is 2.31. The molecule has 23 heavy (non-hydrogen) atoms. The van der Waals surface area contributed by atoms with Crippen LogP contribution in [0.2, 0.25) is 0 Å². The van der Waals surface area contributed by atoms with E-state index in [9.17, 15) is 4.79 Å². The quantitative estimate of drug-likeness (QED) is 0.513. The maximum absolute atomic E-state index is 12.8. The highest BCUT2D eigenvalue weighted by atomic mass is 17.2. The molecule has 5 heteroatoms. The SMILES string of the molecule is CCCCN(C)C(=O)c1cc(OC)c(OOCC)cc1C1CC1. The van der Waals surface area contributed by atoms with Crippen molar-refractivity contribution < 1.29 is 19.3 Å². The van der Waals surface area contributed by atoms with Gasteiger partial charge in [-0.1, -0.05) is 13.3 Å². The molecule has 1 aliphatic rings. The Morgan fingerprint density at radius 1 is 1.26 bits per heavy atom. The van der Waals surface area contributed by atoms with Gasteiger partial charge in [0.1, 0.15) is 0 Å². The molecule has 0 atom stereocenters. The fourth-order valence-electron chi connectivity index (χ4n) is 2.54. The summed E-state index contributed by atoms with van der Waals surface area (Å²) >= 11 is 0. The van der Waals surface area contributed by atoms with E-state index in [4.69, 9.17) is 14.5 Å². The summed E-state index contributed by atoms with van der Waals surface area (Å²) in [6.45, 7) is 5.19. The lowest BCUT2D eigenvalue weighted by molar-refractivity contribution is -0.203. The first-order valence-electron chi connectivity index (χ1n) is 8.39. The molecule has 0 saturated heterocycles. The van der Waals surface area contributed by atoms with Crippen LogP contribution in [0.1, 0.15) is 61.4 Å². The molecule has 1 saturated carbocycles. The average Bonchev–Trinajstić information content (AvgIpc) is 3.41. The number of amides is 1. The number of methoxy groups -OCH3 is 1. The van der Waals surface area contributed by atoms with E-state index in [1.54, 1.807) is 18.1 Å². The molecule has 0 unspecified atom stereocenters. The molecule has 2 rings (SSSR count). The molecule has 1 aromatic carbocycles. The van der Waals surface area contributed by atoms with Gasteiger partial charge in [0, 0.05) is 19.2 Å². The van der Waals surface area contributed by atoms with Gasteiger partial charge in [0.05, 0.1) is 13.7 Å². The molecule has 0 N–H and O–H groups in total. The second-order valence-corrected chi connectivity index (χ2v) is 5.93. The van der Waals surface area contributed by atoms with Crippen LogP contribution in [-0.2, 0) is 4.89 Å². The lowest BCUT2D eigenvalue weighted by atomic mass is 10.0. The topological polar surface area (TPSA) is 48.0 Å². The number of carbonyl (C=O) groups is 1. The number of hydrogen-bond donors (Lipinski definition) is 0. The number of benzene rings is 1. The maximum Gasteiger partial charge on any atom is 0.254 e. The molecule has 1 amide bonds. The Kier molecular flexibility index (Phi) is 6.28. The van der Waals surface area contributed by atoms with E-state index >= 15 is 0 Å². The first-order valence-corrected chi connectivity index (χ1v) is 8.39. The Morgan fingerprint density at radius 3 is 2.57 bits per heavy atom. The largest absolute Gasteiger partial charge is 0.493 e. The van der Waals surface area contributed by atoms with Gasteiger partial charge in [-0.2, -0.15) is 4.89 Å². The van der Waals surface area contributed by atoms with Gasteiger partial charge in [0.25, 0.3) is 5.91 Å². The van der Waals surface area contributed by atoms with Crippen molar-refractivity contribution in [2.24, 2.45) is 0 Å². The molecule has 0 radical (unpaired) electrons. The first kappa shape index (κ1) is 17.6. The smallest absolute Gasteiger partial charge is 0.254 e. The van der Waals surface area contributed by atoms with Crippen molar-refractivity contribution in [3.8, 4) is 11.5 Å². The van der Waals surface area contributed by atoms with E-state index in [-0.39, 0.29) is 5.91 Å². The van der Waals surface area contributed by atoms with Crippen molar-refractivity contribution in [1.29, 1.82) is 0 Å². The summed E-state index contributed by atoms with van der Waals surface area (Å²) in [7, 11) is 3.42. The predicted molar refractivity (Wildman–Crippen MR) is 89.1 cm³/mol. The van der Waals surface area contributed by atoms with Gasteiger partial charge in [0.2, 0.25) is 5.75 Å². The van der Waals surface area contributed by atoms with Crippen LogP contribution in [0.4, 0.5) is 0 Å². The minimum Gasteiger partial charge on any atom is -0.493 e. The lowest BCUT2D eigenvalue weighted by Gasteiger charge is -2.20. The van der Waals surface area contributed by atoms with E-state index < -0.39 is 0 Å². The van der Waals surface area contributed by atoms with Crippen LogP contribution in [0.15, 0.2) is 12.1 Å². The minimum absolute atomic E-state index is 0.0432. The fourth-order valence-corrected chi connectivity index (χ4v) is 2.54. The van der Waals surface area contributed by atoms with Crippen molar-refractivity contribution >= 4 is 5.91 Å². The Morgan fingerprint density at radius 2 is 2.00 bits per heavy atom. The summed E-state index contributed by atoms with van der Waals surface area (Å²) in [5.41, 5.74) is 1.75. The molecule has 0 heterocycles. The third-order valence-electron chi connectivity index (χ3n) is 4.04. The molecular formula is C18H27NO4. The minimum atomic E-state index is 0.0432. The summed E-state index contributed by atoms with van der Waals surface area (Å²) < 4.78 is 5.37. The van der Waals surface area contributed by atoms with E-state index in [2.05, 4.69) is 6.92 Å². The fraction of sp³-hybridized carbons (Fsp3) is 0.611. The molecule has 0 bridgehead atoms. The second-order valence-electron chi connectivity index (χ2n) is 5.93. The number of rotatable bonds is 9. The molecule has 1 aliphatic carbocycles. The molecule has 5 nitrogen and oxygen atoms in total. The van der Waals surface area contributed by atoms with Gasteiger partial charge in [-0.25, -0.2) is 0 Å². The lowest BCUT2D eigenvalue weighted by Crippen LogP contribution is -2.28. The normalized spacial score (nSPS) is 13.7. The second kappa shape index (κ2) is 8.20. The molecule has 0 aliphatic heterocycles. The average molecular weight is 321 g/mol. The van der Waals surface area contributed by atoms with Crippen LogP contribution >= 0.6 is 0 Å². The molecular weight excluding hydrogens is 294 g/mol. The van der Waals surface area contributed by atoms with Crippen LogP contribution in [-0.4, -0.2) is 38.1 Å². The number of ether oxygens (including phenoxy) is 1. The van der Waals surface area contributed by atoms with Crippen molar-refractivity contribution in [3.05, 3.63) is 23.3 Å². The molecule has 0 aromatic heterocycles. The number of carbonyl (C=O) groups excluding carboxylic acids is 1. The van der Waals surface area contributed by atoms with Crippen LogP contribution in [0.5, 0.6) is 11.5 Å². The molecule has 0 spiro atoms. The van der Waals surface area contributed by atoms with E-state index in [0.717, 1.165) is 37.8 Å². The predicted octanol–water partition coefficient (Wildman–Crippen LogP) is 3.78. The monoisotopic (exact) mass is 321 g/mol. The van der Waals surface area contributed by atoms with Crippen LogP contribution in [0, 0.1) is 0 Å². The summed E-state index contributed by atoms with van der Waals surface area (Å²) in [6.07, 6.45) is 4.29. The summed E-state index contributed by atoms with van der Waals surface area (Å²) in [6, 6.07) is 3.68.